The molecule has 98 valence electrons. The van der Waals surface area contributed by atoms with E-state index in [1.807, 2.05) is 0 Å². The van der Waals surface area contributed by atoms with Gasteiger partial charge >= 0.3 is 0 Å². The van der Waals surface area contributed by atoms with Gasteiger partial charge in [-0.25, -0.2) is 0 Å². The van der Waals surface area contributed by atoms with Gasteiger partial charge in [0.25, 0.3) is 0 Å². The first-order valence-electron chi connectivity index (χ1n) is 6.46. The van der Waals surface area contributed by atoms with Crippen molar-refractivity contribution in [1.82, 2.24) is 10.2 Å². The number of ether oxygens (including phenoxy) is 1. The predicted octanol–water partition coefficient (Wildman–Crippen LogP) is 2.12. The fourth-order valence-electron chi connectivity index (χ4n) is 1.66. The number of hydrogen-bond acceptors (Lipinski definition) is 3. The van der Waals surface area contributed by atoms with Gasteiger partial charge in [0.1, 0.15) is 0 Å². The van der Waals surface area contributed by atoms with Gasteiger partial charge < -0.3 is 15.0 Å². The second kappa shape index (κ2) is 8.04. The minimum Gasteiger partial charge on any atom is -0.379 e. The molecule has 0 aromatic heterocycles. The lowest BCUT2D eigenvalue weighted by Crippen LogP contribution is -2.41. The van der Waals surface area contributed by atoms with Crippen LogP contribution in [0.4, 0.5) is 0 Å². The molecular weight excluding hydrogens is 200 g/mol. The van der Waals surface area contributed by atoms with E-state index < -0.39 is 0 Å². The summed E-state index contributed by atoms with van der Waals surface area (Å²) in [5.74, 6) is 0. The molecule has 0 aromatic carbocycles. The SMILES string of the molecule is CCN(CC)CC(C)NCCC(C)(C)OC. The third-order valence-corrected chi connectivity index (χ3v) is 3.20. The molecule has 0 aromatic rings. The quantitative estimate of drug-likeness (QED) is 0.656. The van der Waals surface area contributed by atoms with Crippen LogP contribution in [0.5, 0.6) is 0 Å². The number of likely N-dealkylation sites (N-methyl/N-ethyl adjacent to an activating group) is 1. The van der Waals surface area contributed by atoms with Crippen molar-refractivity contribution >= 4 is 0 Å². The molecule has 0 heterocycles. The van der Waals surface area contributed by atoms with E-state index in [1.54, 1.807) is 7.11 Å². The van der Waals surface area contributed by atoms with Crippen molar-refractivity contribution in [3.8, 4) is 0 Å². The third-order valence-electron chi connectivity index (χ3n) is 3.20. The molecule has 0 aliphatic heterocycles. The normalized spacial score (nSPS) is 14.4. The molecule has 0 radical (unpaired) electrons. The predicted molar refractivity (Wildman–Crippen MR) is 71.0 cm³/mol. The summed E-state index contributed by atoms with van der Waals surface area (Å²) < 4.78 is 5.39. The Hall–Kier alpha value is -0.120. The van der Waals surface area contributed by atoms with E-state index in [9.17, 15) is 0 Å². The summed E-state index contributed by atoms with van der Waals surface area (Å²) in [5.41, 5.74) is -0.0120. The Kier molecular flexibility index (Phi) is 7.98. The van der Waals surface area contributed by atoms with Gasteiger partial charge in [0.05, 0.1) is 5.60 Å². The Morgan fingerprint density at radius 1 is 1.25 bits per heavy atom. The minimum absolute atomic E-state index is 0.0120. The summed E-state index contributed by atoms with van der Waals surface area (Å²) in [5, 5.41) is 3.55. The second-order valence-electron chi connectivity index (χ2n) is 5.05. The molecule has 0 amide bonds. The molecule has 0 bridgehead atoms. The topological polar surface area (TPSA) is 24.5 Å². The van der Waals surface area contributed by atoms with E-state index in [0.717, 1.165) is 32.6 Å². The monoisotopic (exact) mass is 230 g/mol. The number of rotatable bonds is 9. The number of hydrogen-bond donors (Lipinski definition) is 1. The Labute approximate surface area is 102 Å². The van der Waals surface area contributed by atoms with Crippen LogP contribution in [0.25, 0.3) is 0 Å². The third kappa shape index (κ3) is 7.20. The Balaban J connectivity index is 3.69. The Morgan fingerprint density at radius 2 is 1.81 bits per heavy atom. The molecule has 0 saturated heterocycles. The lowest BCUT2D eigenvalue weighted by molar-refractivity contribution is 0.0152. The summed E-state index contributed by atoms with van der Waals surface area (Å²) in [6.45, 7) is 15.3. The number of nitrogens with zero attached hydrogens (tertiary/aromatic N) is 1. The summed E-state index contributed by atoms with van der Waals surface area (Å²) in [4.78, 5) is 2.44. The van der Waals surface area contributed by atoms with Crippen LogP contribution in [0, 0.1) is 0 Å². The molecule has 0 fully saturated rings. The molecule has 3 heteroatoms. The van der Waals surface area contributed by atoms with E-state index in [1.165, 1.54) is 0 Å². The smallest absolute Gasteiger partial charge is 0.0634 e. The average molecular weight is 230 g/mol. The highest BCUT2D eigenvalue weighted by molar-refractivity contribution is 4.72. The highest BCUT2D eigenvalue weighted by Gasteiger charge is 2.16. The van der Waals surface area contributed by atoms with Crippen LogP contribution in [0.1, 0.15) is 41.0 Å². The maximum Gasteiger partial charge on any atom is 0.0634 e. The van der Waals surface area contributed by atoms with Gasteiger partial charge in [-0.05, 0) is 46.8 Å². The Bertz CT molecular complexity index is 167. The molecule has 1 atom stereocenters. The zero-order chi connectivity index (χ0) is 12.6. The lowest BCUT2D eigenvalue weighted by Gasteiger charge is -2.26. The summed E-state index contributed by atoms with van der Waals surface area (Å²) in [6.07, 6.45) is 1.05. The van der Waals surface area contributed by atoms with Gasteiger partial charge in [-0.1, -0.05) is 13.8 Å². The summed E-state index contributed by atoms with van der Waals surface area (Å²) in [7, 11) is 1.78. The highest BCUT2D eigenvalue weighted by Crippen LogP contribution is 2.11. The highest BCUT2D eigenvalue weighted by atomic mass is 16.5. The first kappa shape index (κ1) is 15.9. The average Bonchev–Trinajstić information content (AvgIpc) is 2.25. The standard InChI is InChI=1S/C13H30N2O/c1-7-15(8-2)11-12(3)14-10-9-13(4,5)16-6/h12,14H,7-11H2,1-6H3. The van der Waals surface area contributed by atoms with Gasteiger partial charge in [0.15, 0.2) is 0 Å². The van der Waals surface area contributed by atoms with Crippen LogP contribution >= 0.6 is 0 Å². The van der Waals surface area contributed by atoms with Crippen molar-refractivity contribution < 1.29 is 4.74 Å². The molecular formula is C13H30N2O. The van der Waals surface area contributed by atoms with Crippen LogP contribution in [0.15, 0.2) is 0 Å². The van der Waals surface area contributed by atoms with E-state index >= 15 is 0 Å². The molecule has 0 aliphatic carbocycles. The largest absolute Gasteiger partial charge is 0.379 e. The van der Waals surface area contributed by atoms with Crippen molar-refractivity contribution in [2.75, 3.05) is 33.3 Å². The first-order valence-corrected chi connectivity index (χ1v) is 6.46. The fraction of sp³-hybridized carbons (Fsp3) is 1.00. The van der Waals surface area contributed by atoms with E-state index in [4.69, 9.17) is 4.74 Å². The van der Waals surface area contributed by atoms with Crippen molar-refractivity contribution in [3.63, 3.8) is 0 Å². The molecule has 0 spiro atoms. The molecule has 1 unspecified atom stereocenters. The van der Waals surface area contributed by atoms with Crippen LogP contribution in [0.2, 0.25) is 0 Å². The Morgan fingerprint density at radius 3 is 2.25 bits per heavy atom. The van der Waals surface area contributed by atoms with Gasteiger partial charge in [0.2, 0.25) is 0 Å². The lowest BCUT2D eigenvalue weighted by atomic mass is 10.1. The second-order valence-corrected chi connectivity index (χ2v) is 5.05. The summed E-state index contributed by atoms with van der Waals surface area (Å²) >= 11 is 0. The maximum atomic E-state index is 5.39. The molecule has 0 aliphatic rings. The minimum atomic E-state index is -0.0120. The van der Waals surface area contributed by atoms with Crippen molar-refractivity contribution in [2.45, 2.75) is 52.7 Å². The van der Waals surface area contributed by atoms with E-state index in [0.29, 0.717) is 6.04 Å². The molecule has 0 saturated carbocycles. The molecule has 3 nitrogen and oxygen atoms in total. The van der Waals surface area contributed by atoms with Gasteiger partial charge in [0, 0.05) is 19.7 Å². The van der Waals surface area contributed by atoms with E-state index in [-0.39, 0.29) is 5.60 Å². The molecule has 0 rings (SSSR count). The maximum absolute atomic E-state index is 5.39. The van der Waals surface area contributed by atoms with Crippen LogP contribution in [0.3, 0.4) is 0 Å². The van der Waals surface area contributed by atoms with Crippen LogP contribution in [-0.4, -0.2) is 49.8 Å². The van der Waals surface area contributed by atoms with Crippen molar-refractivity contribution in [2.24, 2.45) is 0 Å². The fourth-order valence-corrected chi connectivity index (χ4v) is 1.66. The van der Waals surface area contributed by atoms with Crippen LogP contribution < -0.4 is 5.32 Å². The molecule has 16 heavy (non-hydrogen) atoms. The van der Waals surface area contributed by atoms with Gasteiger partial charge in [-0.2, -0.15) is 0 Å². The number of methoxy groups -OCH3 is 1. The number of nitrogens with one attached hydrogen (secondary N) is 1. The van der Waals surface area contributed by atoms with Gasteiger partial charge in [-0.3, -0.25) is 0 Å². The van der Waals surface area contributed by atoms with Crippen molar-refractivity contribution in [1.29, 1.82) is 0 Å². The van der Waals surface area contributed by atoms with Crippen molar-refractivity contribution in [3.05, 3.63) is 0 Å². The van der Waals surface area contributed by atoms with E-state index in [2.05, 4.69) is 44.8 Å². The zero-order valence-electron chi connectivity index (χ0n) is 12.0. The first-order chi connectivity index (χ1) is 7.45. The zero-order valence-corrected chi connectivity index (χ0v) is 12.0. The van der Waals surface area contributed by atoms with Crippen LogP contribution in [-0.2, 0) is 4.74 Å². The molecule has 1 N–H and O–H groups in total. The van der Waals surface area contributed by atoms with Gasteiger partial charge in [-0.15, -0.1) is 0 Å². The summed E-state index contributed by atoms with van der Waals surface area (Å²) in [6, 6.07) is 0.549.